The zero-order valence-electron chi connectivity index (χ0n) is 11.7. The molecule has 1 N–H and O–H groups in total. The Balaban J connectivity index is 1.94. The first-order chi connectivity index (χ1) is 10.3. The van der Waals surface area contributed by atoms with Crippen LogP contribution in [0.1, 0.15) is 0 Å². The van der Waals surface area contributed by atoms with Crippen molar-refractivity contribution in [2.45, 2.75) is 0 Å². The zero-order chi connectivity index (χ0) is 14.7. The number of benzene rings is 2. The van der Waals surface area contributed by atoms with Crippen LogP contribution >= 0.6 is 0 Å². The number of hydrogen-bond donors (Lipinski definition) is 1. The first kappa shape index (κ1) is 13.1. The second-order valence-corrected chi connectivity index (χ2v) is 4.29. The normalized spacial score (nSPS) is 10.4. The molecule has 3 rings (SSSR count). The van der Waals surface area contributed by atoms with E-state index in [4.69, 9.17) is 9.47 Å². The van der Waals surface area contributed by atoms with E-state index in [0.717, 1.165) is 10.8 Å². The number of fused-ring (bicyclic) bond motifs is 1. The quantitative estimate of drug-likeness (QED) is 0.793. The maximum atomic E-state index is 5.69. The minimum absolute atomic E-state index is 0.182. The molecule has 0 spiro atoms. The minimum atomic E-state index is 0.182. The highest BCUT2D eigenvalue weighted by molar-refractivity contribution is 5.83. The fourth-order valence-corrected chi connectivity index (χ4v) is 1.92. The van der Waals surface area contributed by atoms with Crippen LogP contribution in [0, 0.1) is 0 Å². The third-order valence-electron chi connectivity index (χ3n) is 2.93. The molecule has 0 bridgehead atoms. The van der Waals surface area contributed by atoms with Crippen LogP contribution in [0.2, 0.25) is 0 Å². The molecule has 0 saturated heterocycles. The van der Waals surface area contributed by atoms with E-state index in [9.17, 15) is 0 Å². The SMILES string of the molecule is CNc1nc(OC)nc(Oc2ccc3ccccc3c2)n1. The van der Waals surface area contributed by atoms with E-state index in [1.165, 1.54) is 7.11 Å². The summed E-state index contributed by atoms with van der Waals surface area (Å²) in [6, 6.07) is 14.2. The number of anilines is 1. The standard InChI is InChI=1S/C15H14N4O2/c1-16-13-17-14(20-2)19-15(18-13)21-12-8-7-10-5-3-4-6-11(10)9-12/h3-9H,1-2H3,(H,16,17,18,19). The van der Waals surface area contributed by atoms with Crippen LogP contribution in [-0.4, -0.2) is 29.1 Å². The van der Waals surface area contributed by atoms with Gasteiger partial charge in [-0.25, -0.2) is 0 Å². The van der Waals surface area contributed by atoms with E-state index < -0.39 is 0 Å². The van der Waals surface area contributed by atoms with Crippen LogP contribution in [0.25, 0.3) is 10.8 Å². The Hall–Kier alpha value is -2.89. The summed E-state index contributed by atoms with van der Waals surface area (Å²) in [5, 5.41) is 5.07. The van der Waals surface area contributed by atoms with E-state index in [1.807, 2.05) is 42.5 Å². The first-order valence-electron chi connectivity index (χ1n) is 6.43. The first-order valence-corrected chi connectivity index (χ1v) is 6.43. The van der Waals surface area contributed by atoms with Gasteiger partial charge in [0.25, 0.3) is 0 Å². The van der Waals surface area contributed by atoms with Crippen LogP contribution in [0.15, 0.2) is 42.5 Å². The summed E-state index contributed by atoms with van der Waals surface area (Å²) in [5.74, 6) is 1.04. The molecule has 0 atom stereocenters. The molecule has 0 radical (unpaired) electrons. The van der Waals surface area contributed by atoms with Gasteiger partial charge in [-0.05, 0) is 22.9 Å². The molecule has 0 unspecified atom stereocenters. The summed E-state index contributed by atoms with van der Waals surface area (Å²) >= 11 is 0. The van der Waals surface area contributed by atoms with Gasteiger partial charge in [0, 0.05) is 7.05 Å². The van der Waals surface area contributed by atoms with E-state index in [0.29, 0.717) is 11.7 Å². The summed E-state index contributed by atoms with van der Waals surface area (Å²) in [6.45, 7) is 0. The van der Waals surface area contributed by atoms with Crippen molar-refractivity contribution in [2.75, 3.05) is 19.5 Å². The lowest BCUT2D eigenvalue weighted by Gasteiger charge is -2.07. The highest BCUT2D eigenvalue weighted by Crippen LogP contribution is 2.24. The van der Waals surface area contributed by atoms with Gasteiger partial charge in [-0.15, -0.1) is 4.98 Å². The molecule has 106 valence electrons. The van der Waals surface area contributed by atoms with Crippen LogP contribution in [0.5, 0.6) is 17.8 Å². The summed E-state index contributed by atoms with van der Waals surface area (Å²) in [6.07, 6.45) is 0. The third kappa shape index (κ3) is 2.84. The molecule has 0 aliphatic rings. The van der Waals surface area contributed by atoms with E-state index in [1.54, 1.807) is 7.05 Å². The van der Waals surface area contributed by atoms with Crippen LogP contribution in [0.4, 0.5) is 5.95 Å². The van der Waals surface area contributed by atoms with Gasteiger partial charge in [0.1, 0.15) is 5.75 Å². The monoisotopic (exact) mass is 282 g/mol. The highest BCUT2D eigenvalue weighted by Gasteiger charge is 2.08. The van der Waals surface area contributed by atoms with Crippen molar-refractivity contribution < 1.29 is 9.47 Å². The number of aromatic nitrogens is 3. The molecule has 3 aromatic rings. The van der Waals surface area contributed by atoms with Gasteiger partial charge in [-0.2, -0.15) is 9.97 Å². The second kappa shape index (κ2) is 5.62. The fourth-order valence-electron chi connectivity index (χ4n) is 1.92. The number of nitrogens with zero attached hydrogens (tertiary/aromatic N) is 3. The Labute approximate surface area is 121 Å². The summed E-state index contributed by atoms with van der Waals surface area (Å²) in [4.78, 5) is 12.2. The van der Waals surface area contributed by atoms with Crippen molar-refractivity contribution in [2.24, 2.45) is 0 Å². The maximum Gasteiger partial charge on any atom is 0.330 e. The van der Waals surface area contributed by atoms with E-state index >= 15 is 0 Å². The lowest BCUT2D eigenvalue weighted by molar-refractivity contribution is 0.360. The largest absolute Gasteiger partial charge is 0.467 e. The zero-order valence-corrected chi connectivity index (χ0v) is 11.7. The Morgan fingerprint density at radius 1 is 0.905 bits per heavy atom. The van der Waals surface area contributed by atoms with Gasteiger partial charge in [-0.1, -0.05) is 30.3 Å². The van der Waals surface area contributed by atoms with Crippen molar-refractivity contribution in [3.63, 3.8) is 0 Å². The Bertz CT molecular complexity index is 754. The van der Waals surface area contributed by atoms with Gasteiger partial charge in [0.2, 0.25) is 5.95 Å². The number of ether oxygens (including phenoxy) is 2. The number of methoxy groups -OCH3 is 1. The molecule has 1 heterocycles. The smallest absolute Gasteiger partial charge is 0.330 e. The fraction of sp³-hybridized carbons (Fsp3) is 0.133. The topological polar surface area (TPSA) is 69.2 Å². The Morgan fingerprint density at radius 3 is 2.43 bits per heavy atom. The predicted octanol–water partition coefficient (Wildman–Crippen LogP) is 2.87. The Morgan fingerprint density at radius 2 is 1.67 bits per heavy atom. The molecule has 6 heteroatoms. The highest BCUT2D eigenvalue weighted by atomic mass is 16.5. The molecule has 0 aliphatic heterocycles. The second-order valence-electron chi connectivity index (χ2n) is 4.29. The van der Waals surface area contributed by atoms with Gasteiger partial charge in [-0.3, -0.25) is 0 Å². The number of rotatable bonds is 4. The van der Waals surface area contributed by atoms with Crippen LogP contribution in [-0.2, 0) is 0 Å². The van der Waals surface area contributed by atoms with Gasteiger partial charge in [0.05, 0.1) is 7.11 Å². The molecule has 6 nitrogen and oxygen atoms in total. The maximum absolute atomic E-state index is 5.69. The van der Waals surface area contributed by atoms with Crippen molar-refractivity contribution >= 4 is 16.7 Å². The molecule has 0 fully saturated rings. The number of hydrogen-bond acceptors (Lipinski definition) is 6. The van der Waals surface area contributed by atoms with Crippen molar-refractivity contribution in [3.8, 4) is 17.8 Å². The average molecular weight is 282 g/mol. The third-order valence-corrected chi connectivity index (χ3v) is 2.93. The predicted molar refractivity (Wildman–Crippen MR) is 79.9 cm³/mol. The van der Waals surface area contributed by atoms with Crippen LogP contribution < -0.4 is 14.8 Å². The van der Waals surface area contributed by atoms with Gasteiger partial charge < -0.3 is 14.8 Å². The summed E-state index contributed by atoms with van der Waals surface area (Å²) in [7, 11) is 3.21. The average Bonchev–Trinajstić information content (AvgIpc) is 2.54. The van der Waals surface area contributed by atoms with Crippen molar-refractivity contribution in [3.05, 3.63) is 42.5 Å². The lowest BCUT2D eigenvalue weighted by atomic mass is 10.1. The Kier molecular flexibility index (Phi) is 3.51. The molecule has 1 aromatic heterocycles. The summed E-state index contributed by atoms with van der Waals surface area (Å²) in [5.41, 5.74) is 0. The molecule has 21 heavy (non-hydrogen) atoms. The van der Waals surface area contributed by atoms with Gasteiger partial charge in [0.15, 0.2) is 0 Å². The lowest BCUT2D eigenvalue weighted by Crippen LogP contribution is -2.03. The molecule has 0 aliphatic carbocycles. The molecular formula is C15H14N4O2. The molecule has 0 saturated carbocycles. The summed E-state index contributed by atoms with van der Waals surface area (Å²) < 4.78 is 10.7. The van der Waals surface area contributed by atoms with Gasteiger partial charge >= 0.3 is 12.0 Å². The van der Waals surface area contributed by atoms with Crippen LogP contribution in [0.3, 0.4) is 0 Å². The molecule has 0 amide bonds. The molecular weight excluding hydrogens is 268 g/mol. The van der Waals surface area contributed by atoms with E-state index in [-0.39, 0.29) is 12.0 Å². The molecule has 2 aromatic carbocycles. The number of nitrogens with one attached hydrogen (secondary N) is 1. The van der Waals surface area contributed by atoms with Crippen molar-refractivity contribution in [1.82, 2.24) is 15.0 Å². The minimum Gasteiger partial charge on any atom is -0.467 e. The van der Waals surface area contributed by atoms with Crippen molar-refractivity contribution in [1.29, 1.82) is 0 Å². The van der Waals surface area contributed by atoms with E-state index in [2.05, 4.69) is 20.3 Å².